The van der Waals surface area contributed by atoms with Crippen LogP contribution >= 0.6 is 11.6 Å². The fourth-order valence-corrected chi connectivity index (χ4v) is 2.57. The zero-order chi connectivity index (χ0) is 14.1. The van der Waals surface area contributed by atoms with E-state index >= 15 is 0 Å². The second kappa shape index (κ2) is 5.06. The highest BCUT2D eigenvalue weighted by Gasteiger charge is 2.26. The molecule has 0 aliphatic carbocycles. The highest BCUT2D eigenvalue weighted by molar-refractivity contribution is 6.30. The van der Waals surface area contributed by atoms with Gasteiger partial charge in [0, 0.05) is 16.1 Å². The molecule has 1 amide bonds. The molecular formula is C15H12ClNO3. The van der Waals surface area contributed by atoms with Gasteiger partial charge in [-0.2, -0.15) is 0 Å². The summed E-state index contributed by atoms with van der Waals surface area (Å²) in [6, 6.07) is 13.3. The lowest BCUT2D eigenvalue weighted by molar-refractivity contribution is 0.171. The van der Waals surface area contributed by atoms with Gasteiger partial charge in [-0.25, -0.2) is 4.79 Å². The first-order valence-corrected chi connectivity index (χ1v) is 6.55. The maximum absolute atomic E-state index is 10.7. The van der Waals surface area contributed by atoms with Crippen LogP contribution in [0.1, 0.15) is 11.7 Å². The van der Waals surface area contributed by atoms with Crippen LogP contribution in [-0.4, -0.2) is 17.7 Å². The minimum atomic E-state index is -1.07. The lowest BCUT2D eigenvalue weighted by Crippen LogP contribution is -2.30. The molecule has 0 radical (unpaired) electrons. The number of carboxylic acid groups (broad SMARTS) is 1. The van der Waals surface area contributed by atoms with Crippen LogP contribution in [0.25, 0.3) is 11.1 Å². The lowest BCUT2D eigenvalue weighted by Gasteiger charge is -2.28. The molecule has 0 saturated heterocycles. The molecule has 4 nitrogen and oxygen atoms in total. The van der Waals surface area contributed by atoms with Crippen LogP contribution in [-0.2, 0) is 0 Å². The second-order valence-corrected chi connectivity index (χ2v) is 4.96. The molecule has 2 aromatic rings. The number of ether oxygens (including phenoxy) is 1. The third-order valence-electron chi connectivity index (χ3n) is 3.25. The Morgan fingerprint density at radius 1 is 1.25 bits per heavy atom. The molecule has 1 unspecified atom stereocenters. The number of para-hydroxylation sites is 1. The number of amides is 1. The van der Waals surface area contributed by atoms with E-state index in [-0.39, 0.29) is 12.6 Å². The molecule has 0 saturated carbocycles. The molecule has 1 heterocycles. The van der Waals surface area contributed by atoms with Crippen LogP contribution in [0.3, 0.4) is 0 Å². The second-order valence-electron chi connectivity index (χ2n) is 4.52. The summed E-state index contributed by atoms with van der Waals surface area (Å²) in [6.45, 7) is 0.178. The predicted molar refractivity (Wildman–Crippen MR) is 76.3 cm³/mol. The Morgan fingerprint density at radius 2 is 2.05 bits per heavy atom. The number of nitrogens with one attached hydrogen (secondary N) is 1. The number of carbonyl (C=O) groups is 1. The summed E-state index contributed by atoms with van der Waals surface area (Å²) in [6.07, 6.45) is -1.45. The van der Waals surface area contributed by atoms with Crippen molar-refractivity contribution in [1.29, 1.82) is 0 Å². The van der Waals surface area contributed by atoms with Crippen molar-refractivity contribution in [2.45, 2.75) is 6.10 Å². The van der Waals surface area contributed by atoms with Crippen LogP contribution in [0.15, 0.2) is 42.5 Å². The number of rotatable bonds is 2. The average molecular weight is 290 g/mol. The molecule has 3 rings (SSSR count). The van der Waals surface area contributed by atoms with Crippen LogP contribution < -0.4 is 10.1 Å². The van der Waals surface area contributed by atoms with Crippen molar-refractivity contribution in [3.05, 3.63) is 53.1 Å². The van der Waals surface area contributed by atoms with Crippen molar-refractivity contribution in [1.82, 2.24) is 5.32 Å². The molecule has 102 valence electrons. The van der Waals surface area contributed by atoms with Crippen molar-refractivity contribution < 1.29 is 14.6 Å². The third kappa shape index (κ3) is 2.30. The molecule has 1 aliphatic rings. The van der Waals surface area contributed by atoms with E-state index in [0.29, 0.717) is 5.02 Å². The van der Waals surface area contributed by atoms with Crippen molar-refractivity contribution in [3.63, 3.8) is 0 Å². The SMILES string of the molecule is O=C(O)NCC1Oc2ccccc2-c2ccc(Cl)cc21. The standard InChI is InChI=1S/C15H12ClNO3/c16-9-5-6-10-11-3-1-2-4-13(11)20-14(12(10)7-9)8-17-15(18)19/h1-7,14,17H,8H2,(H,18,19). The molecular weight excluding hydrogens is 278 g/mol. The Balaban J connectivity index is 2.05. The fraction of sp³-hybridized carbons (Fsp3) is 0.133. The van der Waals surface area contributed by atoms with Gasteiger partial charge in [-0.05, 0) is 23.8 Å². The van der Waals surface area contributed by atoms with Crippen LogP contribution in [0.5, 0.6) is 5.75 Å². The van der Waals surface area contributed by atoms with Crippen LogP contribution in [0.4, 0.5) is 4.79 Å². The Kier molecular flexibility index (Phi) is 3.24. The lowest BCUT2D eigenvalue weighted by atomic mass is 9.93. The summed E-state index contributed by atoms with van der Waals surface area (Å²) in [5, 5.41) is 11.7. The van der Waals surface area contributed by atoms with Crippen molar-refractivity contribution >= 4 is 17.7 Å². The van der Waals surface area contributed by atoms with Gasteiger partial charge in [0.1, 0.15) is 11.9 Å². The number of halogens is 1. The Labute approximate surface area is 120 Å². The summed E-state index contributed by atoms with van der Waals surface area (Å²) in [7, 11) is 0. The monoisotopic (exact) mass is 289 g/mol. The highest BCUT2D eigenvalue weighted by atomic mass is 35.5. The maximum Gasteiger partial charge on any atom is 0.404 e. The normalized spacial score (nSPS) is 15.8. The van der Waals surface area contributed by atoms with Gasteiger partial charge >= 0.3 is 6.09 Å². The molecule has 20 heavy (non-hydrogen) atoms. The molecule has 0 fully saturated rings. The number of hydrogen-bond acceptors (Lipinski definition) is 2. The molecule has 1 atom stereocenters. The number of fused-ring (bicyclic) bond motifs is 3. The Morgan fingerprint density at radius 3 is 2.85 bits per heavy atom. The summed E-state index contributed by atoms with van der Waals surface area (Å²) in [5.41, 5.74) is 2.91. The minimum Gasteiger partial charge on any atom is -0.483 e. The molecule has 0 spiro atoms. The Bertz CT molecular complexity index is 672. The van der Waals surface area contributed by atoms with Crippen LogP contribution in [0.2, 0.25) is 5.02 Å². The average Bonchev–Trinajstić information content (AvgIpc) is 2.44. The summed E-state index contributed by atoms with van der Waals surface area (Å²) in [5.74, 6) is 0.750. The molecule has 5 heteroatoms. The number of hydrogen-bond donors (Lipinski definition) is 2. The van der Waals surface area contributed by atoms with Crippen LogP contribution in [0, 0.1) is 0 Å². The quantitative estimate of drug-likeness (QED) is 0.886. The van der Waals surface area contributed by atoms with Gasteiger partial charge in [0.25, 0.3) is 0 Å². The molecule has 2 aromatic carbocycles. The smallest absolute Gasteiger partial charge is 0.404 e. The van der Waals surface area contributed by atoms with Gasteiger partial charge in [-0.1, -0.05) is 35.9 Å². The molecule has 1 aliphatic heterocycles. The van der Waals surface area contributed by atoms with E-state index in [1.54, 1.807) is 0 Å². The van der Waals surface area contributed by atoms with Crippen molar-refractivity contribution in [3.8, 4) is 16.9 Å². The first kappa shape index (κ1) is 12.8. The number of benzene rings is 2. The van der Waals surface area contributed by atoms with Crippen molar-refractivity contribution in [2.24, 2.45) is 0 Å². The van der Waals surface area contributed by atoms with Gasteiger partial charge in [-0.3, -0.25) is 0 Å². The van der Waals surface area contributed by atoms with Gasteiger partial charge in [0.2, 0.25) is 0 Å². The maximum atomic E-state index is 10.7. The van der Waals surface area contributed by atoms with E-state index in [9.17, 15) is 4.79 Å². The van der Waals surface area contributed by atoms with E-state index in [0.717, 1.165) is 22.4 Å². The summed E-state index contributed by atoms with van der Waals surface area (Å²) >= 11 is 6.04. The fourth-order valence-electron chi connectivity index (χ4n) is 2.39. The van der Waals surface area contributed by atoms with Gasteiger partial charge in [0.15, 0.2) is 0 Å². The van der Waals surface area contributed by atoms with Gasteiger partial charge in [-0.15, -0.1) is 0 Å². The van der Waals surface area contributed by atoms with E-state index in [2.05, 4.69) is 5.32 Å². The first-order chi connectivity index (χ1) is 9.65. The molecule has 0 aromatic heterocycles. The largest absolute Gasteiger partial charge is 0.483 e. The minimum absolute atomic E-state index is 0.178. The predicted octanol–water partition coefficient (Wildman–Crippen LogP) is 3.71. The van der Waals surface area contributed by atoms with E-state index in [4.69, 9.17) is 21.4 Å². The van der Waals surface area contributed by atoms with E-state index < -0.39 is 6.09 Å². The summed E-state index contributed by atoms with van der Waals surface area (Å²) in [4.78, 5) is 10.7. The van der Waals surface area contributed by atoms with E-state index in [1.807, 2.05) is 42.5 Å². The first-order valence-electron chi connectivity index (χ1n) is 6.17. The molecule has 0 bridgehead atoms. The van der Waals surface area contributed by atoms with Gasteiger partial charge < -0.3 is 15.2 Å². The van der Waals surface area contributed by atoms with Crippen molar-refractivity contribution in [2.75, 3.05) is 6.54 Å². The summed E-state index contributed by atoms with van der Waals surface area (Å²) < 4.78 is 5.88. The topological polar surface area (TPSA) is 58.6 Å². The zero-order valence-electron chi connectivity index (χ0n) is 10.5. The third-order valence-corrected chi connectivity index (χ3v) is 3.48. The zero-order valence-corrected chi connectivity index (χ0v) is 11.2. The highest BCUT2D eigenvalue weighted by Crippen LogP contribution is 2.42. The van der Waals surface area contributed by atoms with Gasteiger partial charge in [0.05, 0.1) is 6.54 Å². The molecule has 2 N–H and O–H groups in total. The Hall–Kier alpha value is -2.20. The van der Waals surface area contributed by atoms with E-state index in [1.165, 1.54) is 0 Å².